The van der Waals surface area contributed by atoms with Gasteiger partial charge in [0.1, 0.15) is 12.1 Å². The average Bonchev–Trinajstić information content (AvgIpc) is 2.88. The standard InChI is InChI=1S/C12H11FN4S/c13-11-4-3-10(9(6-11)2-1-5-14)7-18-12-15-8-16-17-12/h3-4,6,8H,5,7,14H2,(H,15,16,17). The number of benzene rings is 1. The number of hydrogen-bond donors (Lipinski definition) is 2. The van der Waals surface area contributed by atoms with Gasteiger partial charge in [0.25, 0.3) is 0 Å². The Hall–Kier alpha value is -1.84. The lowest BCUT2D eigenvalue weighted by molar-refractivity contribution is 0.627. The van der Waals surface area contributed by atoms with E-state index in [1.807, 2.05) is 0 Å². The van der Waals surface area contributed by atoms with E-state index in [1.165, 1.54) is 30.2 Å². The molecule has 0 aliphatic rings. The molecule has 0 saturated carbocycles. The first-order chi connectivity index (χ1) is 8.79. The van der Waals surface area contributed by atoms with Crippen LogP contribution in [0.4, 0.5) is 4.39 Å². The summed E-state index contributed by atoms with van der Waals surface area (Å²) in [6.07, 6.45) is 1.45. The van der Waals surface area contributed by atoms with Gasteiger partial charge in [0.2, 0.25) is 0 Å². The maximum atomic E-state index is 13.2. The Bertz CT molecular complexity index is 572. The molecule has 0 unspecified atom stereocenters. The molecule has 0 fully saturated rings. The van der Waals surface area contributed by atoms with Gasteiger partial charge in [-0.05, 0) is 17.7 Å². The number of aromatic nitrogens is 3. The van der Waals surface area contributed by atoms with Gasteiger partial charge in [-0.3, -0.25) is 5.10 Å². The summed E-state index contributed by atoms with van der Waals surface area (Å²) in [6, 6.07) is 4.56. The van der Waals surface area contributed by atoms with Gasteiger partial charge in [-0.15, -0.1) is 0 Å². The lowest BCUT2D eigenvalue weighted by Crippen LogP contribution is -1.95. The zero-order valence-electron chi connectivity index (χ0n) is 9.48. The van der Waals surface area contributed by atoms with Crippen molar-refractivity contribution in [2.24, 2.45) is 5.73 Å². The molecule has 0 atom stereocenters. The first kappa shape index (κ1) is 12.6. The summed E-state index contributed by atoms with van der Waals surface area (Å²) in [5.74, 6) is 5.94. The Labute approximate surface area is 108 Å². The van der Waals surface area contributed by atoms with Crippen LogP contribution in [0, 0.1) is 17.7 Å². The molecule has 1 aromatic heterocycles. The molecule has 2 rings (SSSR count). The minimum Gasteiger partial charge on any atom is -0.320 e. The van der Waals surface area contributed by atoms with Gasteiger partial charge in [-0.1, -0.05) is 29.7 Å². The highest BCUT2D eigenvalue weighted by atomic mass is 32.2. The molecular weight excluding hydrogens is 251 g/mol. The van der Waals surface area contributed by atoms with Crippen LogP contribution in [0.5, 0.6) is 0 Å². The molecule has 92 valence electrons. The average molecular weight is 262 g/mol. The first-order valence-electron chi connectivity index (χ1n) is 5.25. The topological polar surface area (TPSA) is 67.6 Å². The van der Waals surface area contributed by atoms with Gasteiger partial charge in [0.05, 0.1) is 6.54 Å². The molecule has 0 aliphatic carbocycles. The van der Waals surface area contributed by atoms with Crippen LogP contribution in [-0.4, -0.2) is 21.7 Å². The number of H-pyrrole nitrogens is 1. The number of nitrogens with two attached hydrogens (primary N) is 1. The Morgan fingerprint density at radius 1 is 1.44 bits per heavy atom. The smallest absolute Gasteiger partial charge is 0.183 e. The lowest BCUT2D eigenvalue weighted by Gasteiger charge is -2.03. The van der Waals surface area contributed by atoms with Crippen LogP contribution in [0.2, 0.25) is 0 Å². The van der Waals surface area contributed by atoms with Crippen molar-refractivity contribution in [1.29, 1.82) is 0 Å². The monoisotopic (exact) mass is 262 g/mol. The van der Waals surface area contributed by atoms with Crippen molar-refractivity contribution in [3.63, 3.8) is 0 Å². The van der Waals surface area contributed by atoms with Crippen LogP contribution in [0.15, 0.2) is 29.7 Å². The van der Waals surface area contributed by atoms with E-state index in [1.54, 1.807) is 6.07 Å². The lowest BCUT2D eigenvalue weighted by atomic mass is 10.1. The van der Waals surface area contributed by atoms with Crippen molar-refractivity contribution < 1.29 is 4.39 Å². The van der Waals surface area contributed by atoms with Crippen molar-refractivity contribution in [3.8, 4) is 11.8 Å². The fraction of sp³-hybridized carbons (Fsp3) is 0.167. The molecule has 18 heavy (non-hydrogen) atoms. The molecule has 0 bridgehead atoms. The van der Waals surface area contributed by atoms with E-state index in [9.17, 15) is 4.39 Å². The second kappa shape index (κ2) is 6.19. The third kappa shape index (κ3) is 3.32. The summed E-state index contributed by atoms with van der Waals surface area (Å²) in [4.78, 5) is 4.01. The number of halogens is 1. The molecular formula is C12H11FN4S. The first-order valence-corrected chi connectivity index (χ1v) is 6.23. The van der Waals surface area contributed by atoms with Crippen LogP contribution in [-0.2, 0) is 5.75 Å². The summed E-state index contributed by atoms with van der Waals surface area (Å²) in [6.45, 7) is 0.255. The van der Waals surface area contributed by atoms with Crippen LogP contribution >= 0.6 is 11.8 Å². The molecule has 3 N–H and O–H groups in total. The van der Waals surface area contributed by atoms with Crippen LogP contribution in [0.1, 0.15) is 11.1 Å². The molecule has 0 amide bonds. The van der Waals surface area contributed by atoms with Crippen molar-refractivity contribution in [2.45, 2.75) is 10.9 Å². The third-order valence-corrected chi connectivity index (χ3v) is 3.08. The summed E-state index contributed by atoms with van der Waals surface area (Å²) >= 11 is 1.48. The molecule has 0 spiro atoms. The normalized spacial score (nSPS) is 9.89. The van der Waals surface area contributed by atoms with Crippen molar-refractivity contribution in [3.05, 3.63) is 41.5 Å². The van der Waals surface area contributed by atoms with E-state index in [0.29, 0.717) is 11.3 Å². The summed E-state index contributed by atoms with van der Waals surface area (Å²) in [7, 11) is 0. The number of hydrogen-bond acceptors (Lipinski definition) is 4. The van der Waals surface area contributed by atoms with Crippen LogP contribution < -0.4 is 5.73 Å². The number of thioether (sulfide) groups is 1. The van der Waals surface area contributed by atoms with Gasteiger partial charge in [0.15, 0.2) is 5.16 Å². The second-order valence-electron chi connectivity index (χ2n) is 3.39. The largest absolute Gasteiger partial charge is 0.320 e. The van der Waals surface area contributed by atoms with Crippen molar-refractivity contribution in [2.75, 3.05) is 6.54 Å². The molecule has 1 heterocycles. The highest BCUT2D eigenvalue weighted by molar-refractivity contribution is 7.98. The maximum Gasteiger partial charge on any atom is 0.183 e. The molecule has 6 heteroatoms. The zero-order valence-corrected chi connectivity index (χ0v) is 10.3. The van der Waals surface area contributed by atoms with Gasteiger partial charge in [0, 0.05) is 11.3 Å². The van der Waals surface area contributed by atoms with E-state index in [2.05, 4.69) is 27.0 Å². The SMILES string of the molecule is NCC#Cc1cc(F)ccc1CSc1ncn[nH]1. The highest BCUT2D eigenvalue weighted by Gasteiger charge is 2.04. The Morgan fingerprint density at radius 3 is 3.06 bits per heavy atom. The Kier molecular flexibility index (Phi) is 4.34. The Balaban J connectivity index is 2.16. The third-order valence-electron chi connectivity index (χ3n) is 2.15. The molecule has 0 aliphatic heterocycles. The number of nitrogens with one attached hydrogen (secondary N) is 1. The minimum atomic E-state index is -0.301. The highest BCUT2D eigenvalue weighted by Crippen LogP contribution is 2.21. The molecule has 0 radical (unpaired) electrons. The predicted molar refractivity (Wildman–Crippen MR) is 68.3 cm³/mol. The fourth-order valence-corrected chi connectivity index (χ4v) is 2.13. The second-order valence-corrected chi connectivity index (χ2v) is 4.35. The van der Waals surface area contributed by atoms with Gasteiger partial charge >= 0.3 is 0 Å². The molecule has 1 aromatic carbocycles. The van der Waals surface area contributed by atoms with Crippen molar-refractivity contribution in [1.82, 2.24) is 15.2 Å². The summed E-state index contributed by atoms with van der Waals surface area (Å²) in [5.41, 5.74) is 6.92. The van der Waals surface area contributed by atoms with Crippen LogP contribution in [0.25, 0.3) is 0 Å². The summed E-state index contributed by atoms with van der Waals surface area (Å²) in [5, 5.41) is 7.23. The zero-order chi connectivity index (χ0) is 12.8. The van der Waals surface area contributed by atoms with E-state index in [4.69, 9.17) is 5.73 Å². The summed E-state index contributed by atoms with van der Waals surface area (Å²) < 4.78 is 13.2. The predicted octanol–water partition coefficient (Wildman–Crippen LogP) is 1.55. The number of rotatable bonds is 3. The van der Waals surface area contributed by atoms with Gasteiger partial charge in [-0.25, -0.2) is 9.37 Å². The quantitative estimate of drug-likeness (QED) is 0.650. The molecule has 0 saturated heterocycles. The van der Waals surface area contributed by atoms with E-state index in [0.717, 1.165) is 10.7 Å². The molecule has 4 nitrogen and oxygen atoms in total. The molecule has 2 aromatic rings. The fourth-order valence-electron chi connectivity index (χ4n) is 1.35. The minimum absolute atomic E-state index is 0.255. The number of nitrogens with zero attached hydrogens (tertiary/aromatic N) is 2. The van der Waals surface area contributed by atoms with E-state index >= 15 is 0 Å². The van der Waals surface area contributed by atoms with E-state index < -0.39 is 0 Å². The maximum absolute atomic E-state index is 13.2. The van der Waals surface area contributed by atoms with Gasteiger partial charge < -0.3 is 5.73 Å². The Morgan fingerprint density at radius 2 is 2.33 bits per heavy atom. The van der Waals surface area contributed by atoms with Crippen LogP contribution in [0.3, 0.4) is 0 Å². The van der Waals surface area contributed by atoms with Crippen molar-refractivity contribution >= 4 is 11.8 Å². The van der Waals surface area contributed by atoms with Gasteiger partial charge in [-0.2, -0.15) is 5.10 Å². The number of aromatic amines is 1. The van der Waals surface area contributed by atoms with E-state index in [-0.39, 0.29) is 12.4 Å².